The van der Waals surface area contributed by atoms with E-state index in [-0.39, 0.29) is 40.9 Å². The zero-order valence-corrected chi connectivity index (χ0v) is 23.9. The van der Waals surface area contributed by atoms with E-state index in [0.717, 1.165) is 31.0 Å². The van der Waals surface area contributed by atoms with Crippen LogP contribution in [0.15, 0.2) is 42.5 Å². The number of aromatic nitrogens is 2. The second-order valence-corrected chi connectivity index (χ2v) is 12.6. The van der Waals surface area contributed by atoms with Gasteiger partial charge in [0.15, 0.2) is 16.4 Å². The Hall–Kier alpha value is -4.01. The Morgan fingerprint density at radius 3 is 2.52 bits per heavy atom. The van der Waals surface area contributed by atoms with Gasteiger partial charge in [-0.15, -0.1) is 0 Å². The molecule has 4 aromatic rings. The average molecular weight is 630 g/mol. The molecule has 2 atom stereocenters. The Labute approximate surface area is 252 Å². The molecule has 0 bridgehead atoms. The normalized spacial score (nSPS) is 21.0. The molecule has 0 saturated heterocycles. The second kappa shape index (κ2) is 10.0. The molecule has 44 heavy (non-hydrogen) atoms. The minimum absolute atomic E-state index is 0.0189. The van der Waals surface area contributed by atoms with Crippen molar-refractivity contribution in [2.24, 2.45) is 11.7 Å². The number of anilines is 1. The smallest absolute Gasteiger partial charge is 0.414 e. The number of hydrogen-bond acceptors (Lipinski definition) is 9. The number of fused-ring (bicyclic) bond motifs is 2. The first-order valence-electron chi connectivity index (χ1n) is 14.0. The van der Waals surface area contributed by atoms with Crippen LogP contribution in [0.25, 0.3) is 21.5 Å². The van der Waals surface area contributed by atoms with Gasteiger partial charge in [-0.3, -0.25) is 4.79 Å². The maximum Gasteiger partial charge on any atom is 0.414 e. The number of amides is 1. The molecule has 0 radical (unpaired) electrons. The van der Waals surface area contributed by atoms with E-state index in [1.165, 1.54) is 23.5 Å². The number of alkyl halides is 3. The molecule has 2 aromatic heterocycles. The standard InChI is InChI=1S/C30H27F4N5O4S/c31-17-5-1-14(2-6-17)23-25-19(29(36,13-42-25)30(32,33)34)11-22(38-23)28(41,16-3-4-16)12-37-26(40)15-9-20(43-18-7-8-18)24-21(10-15)44-27(35)39-24/h1-2,5-6,9-11,16,18,41H,3-4,7-8,12-13,36H2,(H2,35,39)(H,37,40)/t28?,29-/m0/s1. The Bertz CT molecular complexity index is 1790. The molecule has 14 heteroatoms. The van der Waals surface area contributed by atoms with E-state index in [2.05, 4.69) is 15.3 Å². The zero-order valence-electron chi connectivity index (χ0n) is 23.1. The van der Waals surface area contributed by atoms with Crippen molar-refractivity contribution >= 4 is 32.6 Å². The molecule has 9 nitrogen and oxygen atoms in total. The minimum atomic E-state index is -4.89. The molecule has 3 aliphatic rings. The highest BCUT2D eigenvalue weighted by Crippen LogP contribution is 2.52. The summed E-state index contributed by atoms with van der Waals surface area (Å²) in [5.74, 6) is -1.25. The summed E-state index contributed by atoms with van der Waals surface area (Å²) in [6.07, 6.45) is -1.94. The molecule has 7 rings (SSSR count). The van der Waals surface area contributed by atoms with Crippen LogP contribution in [0.1, 0.15) is 47.3 Å². The van der Waals surface area contributed by atoms with Gasteiger partial charge in [-0.1, -0.05) is 11.3 Å². The number of aliphatic hydroxyl groups is 1. The van der Waals surface area contributed by atoms with E-state index in [0.29, 0.717) is 33.9 Å². The third-order valence-corrected chi connectivity index (χ3v) is 9.12. The summed E-state index contributed by atoms with van der Waals surface area (Å²) in [5.41, 5.74) is 7.65. The van der Waals surface area contributed by atoms with Crippen LogP contribution in [0, 0.1) is 11.7 Å². The molecule has 1 amide bonds. The highest BCUT2D eigenvalue weighted by molar-refractivity contribution is 7.22. The van der Waals surface area contributed by atoms with Gasteiger partial charge in [0, 0.05) is 16.7 Å². The third kappa shape index (κ3) is 4.90. The van der Waals surface area contributed by atoms with Crippen molar-refractivity contribution in [2.75, 3.05) is 18.9 Å². The lowest BCUT2D eigenvalue weighted by Crippen LogP contribution is -2.52. The molecule has 2 saturated carbocycles. The first kappa shape index (κ1) is 28.7. The molecule has 1 aliphatic heterocycles. The minimum Gasteiger partial charge on any atom is -0.488 e. The van der Waals surface area contributed by atoms with E-state index >= 15 is 0 Å². The van der Waals surface area contributed by atoms with Gasteiger partial charge in [0.1, 0.15) is 35.0 Å². The number of nitrogens with two attached hydrogens (primary N) is 2. The number of nitrogens with zero attached hydrogens (tertiary/aromatic N) is 2. The lowest BCUT2D eigenvalue weighted by atomic mass is 9.86. The van der Waals surface area contributed by atoms with E-state index < -0.39 is 47.1 Å². The van der Waals surface area contributed by atoms with E-state index in [4.69, 9.17) is 20.9 Å². The summed E-state index contributed by atoms with van der Waals surface area (Å²) in [4.78, 5) is 22.3. The fraction of sp³-hybridized carbons (Fsp3) is 0.367. The van der Waals surface area contributed by atoms with Gasteiger partial charge in [-0.05, 0) is 74.1 Å². The summed E-state index contributed by atoms with van der Waals surface area (Å²) in [6, 6.07) is 9.31. The predicted molar refractivity (Wildman–Crippen MR) is 154 cm³/mol. The van der Waals surface area contributed by atoms with Crippen LogP contribution in [-0.4, -0.2) is 46.4 Å². The van der Waals surface area contributed by atoms with Gasteiger partial charge in [-0.25, -0.2) is 14.4 Å². The SMILES string of the molecule is Nc1nc2c(OC3CC3)cc(C(=O)NCC(O)(c3cc4c(c(-c5ccc(F)cc5)n3)OC[C@@]4(N)C(F)(F)F)C3CC3)cc2s1. The second-order valence-electron chi connectivity index (χ2n) is 11.6. The van der Waals surface area contributed by atoms with E-state index in [9.17, 15) is 27.5 Å². The van der Waals surface area contributed by atoms with Crippen LogP contribution in [0.2, 0.25) is 0 Å². The fourth-order valence-electron chi connectivity index (χ4n) is 5.46. The van der Waals surface area contributed by atoms with Gasteiger partial charge in [0.05, 0.1) is 23.0 Å². The van der Waals surface area contributed by atoms with Crippen molar-refractivity contribution in [2.45, 2.75) is 49.1 Å². The van der Waals surface area contributed by atoms with Crippen molar-refractivity contribution in [3.05, 3.63) is 65.1 Å². The number of benzene rings is 2. The maximum atomic E-state index is 14.3. The predicted octanol–water partition coefficient (Wildman–Crippen LogP) is 4.76. The van der Waals surface area contributed by atoms with E-state index in [1.54, 1.807) is 12.1 Å². The van der Waals surface area contributed by atoms with Crippen molar-refractivity contribution < 1.29 is 36.9 Å². The molecular weight excluding hydrogens is 602 g/mol. The molecule has 1 unspecified atom stereocenters. The fourth-order valence-corrected chi connectivity index (χ4v) is 6.25. The molecule has 2 aliphatic carbocycles. The van der Waals surface area contributed by atoms with Crippen LogP contribution in [0.5, 0.6) is 11.5 Å². The molecule has 230 valence electrons. The summed E-state index contributed by atoms with van der Waals surface area (Å²) in [7, 11) is 0. The number of rotatable bonds is 8. The molecule has 6 N–H and O–H groups in total. The molecule has 0 spiro atoms. The van der Waals surface area contributed by atoms with Crippen LogP contribution in [0.4, 0.5) is 22.7 Å². The monoisotopic (exact) mass is 629 g/mol. The quantitative estimate of drug-likeness (QED) is 0.204. The number of carbonyl (C=O) groups is 1. The first-order chi connectivity index (χ1) is 20.9. The Morgan fingerprint density at radius 2 is 1.86 bits per heavy atom. The number of nitrogen functional groups attached to an aromatic ring is 1. The Morgan fingerprint density at radius 1 is 1.14 bits per heavy atom. The topological polar surface area (TPSA) is 146 Å². The van der Waals surface area contributed by atoms with E-state index in [1.807, 2.05) is 0 Å². The number of pyridine rings is 1. The van der Waals surface area contributed by atoms with Crippen molar-refractivity contribution in [3.8, 4) is 22.8 Å². The van der Waals surface area contributed by atoms with Crippen LogP contribution in [-0.2, 0) is 11.1 Å². The number of ether oxygens (including phenoxy) is 2. The number of halogens is 4. The molecular formula is C30H27F4N5O4S. The number of nitrogens with one attached hydrogen (secondary N) is 1. The number of carbonyl (C=O) groups excluding carboxylic acids is 1. The molecule has 2 aromatic carbocycles. The zero-order chi connectivity index (χ0) is 31.0. The lowest BCUT2D eigenvalue weighted by Gasteiger charge is -2.31. The average Bonchev–Trinajstić information content (AvgIpc) is 3.91. The molecule has 2 fully saturated rings. The summed E-state index contributed by atoms with van der Waals surface area (Å²) < 4.78 is 68.6. The van der Waals surface area contributed by atoms with Crippen molar-refractivity contribution in [3.63, 3.8) is 0 Å². The first-order valence-corrected chi connectivity index (χ1v) is 14.8. The van der Waals surface area contributed by atoms with Gasteiger partial charge in [-0.2, -0.15) is 13.2 Å². The maximum absolute atomic E-state index is 14.3. The van der Waals surface area contributed by atoms with Crippen LogP contribution >= 0.6 is 11.3 Å². The highest BCUT2D eigenvalue weighted by atomic mass is 32.1. The van der Waals surface area contributed by atoms with Gasteiger partial charge in [0.2, 0.25) is 0 Å². The summed E-state index contributed by atoms with van der Waals surface area (Å²) >= 11 is 1.20. The van der Waals surface area contributed by atoms with Crippen LogP contribution < -0.4 is 26.3 Å². The van der Waals surface area contributed by atoms with Gasteiger partial charge < -0.3 is 31.4 Å². The van der Waals surface area contributed by atoms with Crippen molar-refractivity contribution in [1.82, 2.24) is 15.3 Å². The number of hydrogen-bond donors (Lipinski definition) is 4. The molecule has 3 heterocycles. The van der Waals surface area contributed by atoms with Gasteiger partial charge >= 0.3 is 6.18 Å². The highest BCUT2D eigenvalue weighted by Gasteiger charge is 2.59. The lowest BCUT2D eigenvalue weighted by molar-refractivity contribution is -0.191. The van der Waals surface area contributed by atoms with Crippen LogP contribution in [0.3, 0.4) is 0 Å². The summed E-state index contributed by atoms with van der Waals surface area (Å²) in [6.45, 7) is -1.24. The Balaban J connectivity index is 1.26. The number of thiazole rings is 1. The van der Waals surface area contributed by atoms with Gasteiger partial charge in [0.25, 0.3) is 5.91 Å². The Kier molecular flexibility index (Phi) is 6.54. The largest absolute Gasteiger partial charge is 0.488 e. The third-order valence-electron chi connectivity index (χ3n) is 8.29. The summed E-state index contributed by atoms with van der Waals surface area (Å²) in [5, 5.41) is 15.1. The van der Waals surface area contributed by atoms with Crippen molar-refractivity contribution in [1.29, 1.82) is 0 Å².